The van der Waals surface area contributed by atoms with Gasteiger partial charge in [0.25, 0.3) is 0 Å². The fraction of sp³-hybridized carbons (Fsp3) is 0.273. The van der Waals surface area contributed by atoms with Crippen molar-refractivity contribution in [3.05, 3.63) is 35.9 Å². The van der Waals surface area contributed by atoms with Gasteiger partial charge in [-0.1, -0.05) is 25.6 Å². The molecule has 0 saturated carbocycles. The molecule has 1 aromatic carbocycles. The minimum Gasteiger partial charge on any atom is -0.398 e. The lowest BCUT2D eigenvalue weighted by atomic mass is 10.1. The zero-order chi connectivity index (χ0) is 9.84. The minimum absolute atomic E-state index is 0.790. The molecular formula is C11H16N2. The highest BCUT2D eigenvalue weighted by Crippen LogP contribution is 2.19. The Hall–Kier alpha value is -1.44. The van der Waals surface area contributed by atoms with Gasteiger partial charge in [0.15, 0.2) is 0 Å². The summed E-state index contributed by atoms with van der Waals surface area (Å²) in [6.07, 6.45) is 1.01. The van der Waals surface area contributed by atoms with Gasteiger partial charge in [0.2, 0.25) is 0 Å². The van der Waals surface area contributed by atoms with Crippen molar-refractivity contribution in [2.75, 3.05) is 12.8 Å². The van der Waals surface area contributed by atoms with E-state index in [2.05, 4.69) is 24.9 Å². The largest absolute Gasteiger partial charge is 0.398 e. The molecule has 0 unspecified atom stereocenters. The number of anilines is 1. The molecule has 0 aromatic heterocycles. The molecule has 3 N–H and O–H groups in total. The van der Waals surface area contributed by atoms with Crippen molar-refractivity contribution >= 4 is 11.4 Å². The maximum atomic E-state index is 5.87. The van der Waals surface area contributed by atoms with Crippen molar-refractivity contribution in [3.8, 4) is 0 Å². The molecular weight excluding hydrogens is 160 g/mol. The van der Waals surface area contributed by atoms with E-state index in [9.17, 15) is 0 Å². The lowest BCUT2D eigenvalue weighted by Crippen LogP contribution is -2.05. The zero-order valence-electron chi connectivity index (χ0n) is 8.22. The predicted octanol–water partition coefficient (Wildman–Crippen LogP) is 2.02. The molecule has 0 amide bonds. The number of nitrogens with one attached hydrogen (secondary N) is 1. The fourth-order valence-corrected chi connectivity index (χ4v) is 1.24. The van der Waals surface area contributed by atoms with Crippen molar-refractivity contribution in [2.45, 2.75) is 13.3 Å². The summed E-state index contributed by atoms with van der Waals surface area (Å²) >= 11 is 0. The Bertz CT molecular complexity index is 316. The molecule has 0 radical (unpaired) electrons. The first-order valence-electron chi connectivity index (χ1n) is 4.44. The van der Waals surface area contributed by atoms with Gasteiger partial charge in [0.1, 0.15) is 0 Å². The number of hydrogen-bond acceptors (Lipinski definition) is 2. The van der Waals surface area contributed by atoms with E-state index in [0.29, 0.717) is 0 Å². The van der Waals surface area contributed by atoms with Crippen LogP contribution in [0.2, 0.25) is 0 Å². The number of benzene rings is 1. The van der Waals surface area contributed by atoms with Crippen molar-refractivity contribution in [2.24, 2.45) is 0 Å². The second-order valence-electron chi connectivity index (χ2n) is 3.00. The van der Waals surface area contributed by atoms with Crippen molar-refractivity contribution in [1.82, 2.24) is 5.32 Å². The zero-order valence-corrected chi connectivity index (χ0v) is 8.22. The summed E-state index contributed by atoms with van der Waals surface area (Å²) in [5.41, 5.74) is 9.76. The molecule has 1 rings (SSSR count). The van der Waals surface area contributed by atoms with E-state index in [1.165, 1.54) is 5.56 Å². The number of nitrogen functional groups attached to an aromatic ring is 1. The van der Waals surface area contributed by atoms with Crippen LogP contribution in [0.4, 0.5) is 5.69 Å². The molecule has 0 fully saturated rings. The summed E-state index contributed by atoms with van der Waals surface area (Å²) in [4.78, 5) is 0. The van der Waals surface area contributed by atoms with E-state index in [1.54, 1.807) is 0 Å². The van der Waals surface area contributed by atoms with Gasteiger partial charge in [0.05, 0.1) is 0 Å². The van der Waals surface area contributed by atoms with Gasteiger partial charge in [-0.25, -0.2) is 0 Å². The third kappa shape index (κ3) is 2.02. The molecule has 0 atom stereocenters. The Labute approximate surface area is 79.5 Å². The predicted molar refractivity (Wildman–Crippen MR) is 58.3 cm³/mol. The second kappa shape index (κ2) is 3.99. The summed E-state index contributed by atoms with van der Waals surface area (Å²) in [6, 6.07) is 6.08. The van der Waals surface area contributed by atoms with E-state index in [4.69, 9.17) is 5.73 Å². The van der Waals surface area contributed by atoms with E-state index < -0.39 is 0 Å². The van der Waals surface area contributed by atoms with Crippen molar-refractivity contribution in [3.63, 3.8) is 0 Å². The van der Waals surface area contributed by atoms with Gasteiger partial charge in [0, 0.05) is 24.0 Å². The maximum absolute atomic E-state index is 5.87. The highest BCUT2D eigenvalue weighted by atomic mass is 14.8. The van der Waals surface area contributed by atoms with Gasteiger partial charge in [-0.3, -0.25) is 0 Å². The Balaban J connectivity index is 3.05. The van der Waals surface area contributed by atoms with Gasteiger partial charge >= 0.3 is 0 Å². The van der Waals surface area contributed by atoms with Crippen molar-refractivity contribution < 1.29 is 0 Å². The smallest absolute Gasteiger partial charge is 0.0411 e. The maximum Gasteiger partial charge on any atom is 0.0411 e. The molecule has 2 nitrogen and oxygen atoms in total. The number of aryl methyl sites for hydroxylation is 1. The lowest BCUT2D eigenvalue weighted by Gasteiger charge is -2.09. The summed E-state index contributed by atoms with van der Waals surface area (Å²) in [6.45, 7) is 5.98. The molecule has 70 valence electrons. The molecule has 0 aliphatic heterocycles. The molecule has 1 aromatic rings. The first-order chi connectivity index (χ1) is 6.19. The van der Waals surface area contributed by atoms with E-state index in [-0.39, 0.29) is 0 Å². The topological polar surface area (TPSA) is 38.0 Å². The first kappa shape index (κ1) is 9.65. The van der Waals surface area contributed by atoms with Crippen LogP contribution in [0.1, 0.15) is 18.1 Å². The third-order valence-electron chi connectivity index (χ3n) is 2.15. The van der Waals surface area contributed by atoms with Gasteiger partial charge in [-0.15, -0.1) is 0 Å². The standard InChI is InChI=1S/C11H16N2/c1-4-9-5-6-10(8(2)13-3)11(12)7-9/h5-7,13H,2,4,12H2,1,3H3. The summed E-state index contributed by atoms with van der Waals surface area (Å²) in [5.74, 6) is 0. The SMILES string of the molecule is C=C(NC)c1ccc(CC)cc1N. The van der Waals surface area contributed by atoms with Gasteiger partial charge in [-0.05, 0) is 18.1 Å². The minimum atomic E-state index is 0.790. The van der Waals surface area contributed by atoms with Crippen LogP contribution in [-0.4, -0.2) is 7.05 Å². The molecule has 2 heteroatoms. The Kier molecular flexibility index (Phi) is 2.96. The number of rotatable bonds is 3. The quantitative estimate of drug-likeness (QED) is 0.691. The molecule has 0 aliphatic carbocycles. The third-order valence-corrected chi connectivity index (χ3v) is 2.15. The number of nitrogens with two attached hydrogens (primary N) is 1. The molecule has 13 heavy (non-hydrogen) atoms. The van der Waals surface area contributed by atoms with Crippen LogP contribution >= 0.6 is 0 Å². The normalized spacial score (nSPS) is 9.69. The Morgan fingerprint density at radius 2 is 2.23 bits per heavy atom. The van der Waals surface area contributed by atoms with Crippen LogP contribution in [-0.2, 0) is 6.42 Å². The summed E-state index contributed by atoms with van der Waals surface area (Å²) < 4.78 is 0. The molecule has 0 heterocycles. The summed E-state index contributed by atoms with van der Waals surface area (Å²) in [7, 11) is 1.84. The molecule has 0 bridgehead atoms. The summed E-state index contributed by atoms with van der Waals surface area (Å²) in [5, 5.41) is 2.99. The van der Waals surface area contributed by atoms with Gasteiger partial charge in [-0.2, -0.15) is 0 Å². The number of hydrogen-bond donors (Lipinski definition) is 2. The van der Waals surface area contributed by atoms with E-state index >= 15 is 0 Å². The molecule has 0 saturated heterocycles. The molecule has 0 spiro atoms. The fourth-order valence-electron chi connectivity index (χ4n) is 1.24. The van der Waals surface area contributed by atoms with Crippen molar-refractivity contribution in [1.29, 1.82) is 0 Å². The van der Waals surface area contributed by atoms with E-state index in [0.717, 1.165) is 23.4 Å². The molecule has 0 aliphatic rings. The first-order valence-corrected chi connectivity index (χ1v) is 4.44. The van der Waals surface area contributed by atoms with Crippen LogP contribution in [0.5, 0.6) is 0 Å². The average molecular weight is 176 g/mol. The average Bonchev–Trinajstić information content (AvgIpc) is 2.16. The van der Waals surface area contributed by atoms with Crippen LogP contribution in [0.15, 0.2) is 24.8 Å². The highest BCUT2D eigenvalue weighted by Gasteiger charge is 2.01. The van der Waals surface area contributed by atoms with Crippen LogP contribution in [0, 0.1) is 0 Å². The Morgan fingerprint density at radius 3 is 2.69 bits per heavy atom. The Morgan fingerprint density at radius 1 is 1.54 bits per heavy atom. The highest BCUT2D eigenvalue weighted by molar-refractivity contribution is 5.72. The monoisotopic (exact) mass is 176 g/mol. The van der Waals surface area contributed by atoms with Crippen LogP contribution in [0.3, 0.4) is 0 Å². The second-order valence-corrected chi connectivity index (χ2v) is 3.00. The van der Waals surface area contributed by atoms with Crippen LogP contribution in [0.25, 0.3) is 5.70 Å². The van der Waals surface area contributed by atoms with Gasteiger partial charge < -0.3 is 11.1 Å². The lowest BCUT2D eigenvalue weighted by molar-refractivity contribution is 1.12. The van der Waals surface area contributed by atoms with Crippen LogP contribution < -0.4 is 11.1 Å². The van der Waals surface area contributed by atoms with E-state index in [1.807, 2.05) is 19.2 Å².